The van der Waals surface area contributed by atoms with Gasteiger partial charge in [0.25, 0.3) is 0 Å². The molecule has 3 heterocycles. The highest BCUT2D eigenvalue weighted by Gasteiger charge is 2.28. The number of aromatic nitrogens is 5. The van der Waals surface area contributed by atoms with Gasteiger partial charge in [0, 0.05) is 11.9 Å². The van der Waals surface area contributed by atoms with E-state index in [0.29, 0.717) is 12.6 Å². The minimum Gasteiger partial charge on any atom is -0.364 e. The van der Waals surface area contributed by atoms with E-state index in [4.69, 9.17) is 0 Å². The van der Waals surface area contributed by atoms with Crippen molar-refractivity contribution in [3.63, 3.8) is 0 Å². The van der Waals surface area contributed by atoms with Gasteiger partial charge in [0.05, 0.1) is 19.1 Å². The highest BCUT2D eigenvalue weighted by atomic mass is 15.5. The van der Waals surface area contributed by atoms with E-state index in [1.807, 2.05) is 29.1 Å². The SMILES string of the molecule is c1ccc(Cn2nnnc2CN2CCCC2c2ccc[nH]2)cc1. The maximum Gasteiger partial charge on any atom is 0.165 e. The first-order chi connectivity index (χ1) is 11.4. The summed E-state index contributed by atoms with van der Waals surface area (Å²) in [6.07, 6.45) is 4.38. The molecule has 1 N–H and O–H groups in total. The number of benzene rings is 1. The molecule has 23 heavy (non-hydrogen) atoms. The maximum atomic E-state index is 4.24. The van der Waals surface area contributed by atoms with Crippen LogP contribution in [-0.4, -0.2) is 36.6 Å². The molecule has 1 unspecified atom stereocenters. The third-order valence-corrected chi connectivity index (χ3v) is 4.47. The van der Waals surface area contributed by atoms with E-state index < -0.39 is 0 Å². The molecule has 0 radical (unpaired) electrons. The fourth-order valence-corrected chi connectivity index (χ4v) is 3.32. The van der Waals surface area contributed by atoms with Crippen LogP contribution in [-0.2, 0) is 13.1 Å². The Morgan fingerprint density at radius 1 is 1.09 bits per heavy atom. The summed E-state index contributed by atoms with van der Waals surface area (Å²) in [5, 5.41) is 12.3. The van der Waals surface area contributed by atoms with Crippen molar-refractivity contribution < 1.29 is 0 Å². The van der Waals surface area contributed by atoms with E-state index in [1.165, 1.54) is 24.1 Å². The smallest absolute Gasteiger partial charge is 0.165 e. The van der Waals surface area contributed by atoms with Crippen LogP contribution in [0.2, 0.25) is 0 Å². The molecule has 4 rings (SSSR count). The van der Waals surface area contributed by atoms with E-state index in [9.17, 15) is 0 Å². The number of tetrazole rings is 1. The number of H-pyrrole nitrogens is 1. The predicted octanol–water partition coefficient (Wildman–Crippen LogP) is 2.39. The number of nitrogens with zero attached hydrogens (tertiary/aromatic N) is 5. The van der Waals surface area contributed by atoms with Gasteiger partial charge in [0.15, 0.2) is 5.82 Å². The van der Waals surface area contributed by atoms with E-state index in [0.717, 1.165) is 18.9 Å². The molecule has 1 aliphatic rings. The van der Waals surface area contributed by atoms with E-state index >= 15 is 0 Å². The number of rotatable bonds is 5. The standard InChI is InChI=1S/C17H20N6/c1-2-6-14(7-3-1)12-23-17(19-20-21-23)13-22-11-5-9-16(22)15-8-4-10-18-15/h1-4,6-8,10,16,18H,5,9,11-13H2. The van der Waals surface area contributed by atoms with Gasteiger partial charge >= 0.3 is 0 Å². The average Bonchev–Trinajstić information content (AvgIpc) is 3.31. The molecule has 2 aromatic heterocycles. The van der Waals surface area contributed by atoms with Crippen molar-refractivity contribution in [1.82, 2.24) is 30.1 Å². The van der Waals surface area contributed by atoms with Crippen molar-refractivity contribution in [2.45, 2.75) is 32.0 Å². The van der Waals surface area contributed by atoms with Crippen LogP contribution in [0.3, 0.4) is 0 Å². The first kappa shape index (κ1) is 14.1. The quantitative estimate of drug-likeness (QED) is 0.786. The average molecular weight is 308 g/mol. The topological polar surface area (TPSA) is 62.6 Å². The summed E-state index contributed by atoms with van der Waals surface area (Å²) >= 11 is 0. The molecule has 1 saturated heterocycles. The molecule has 0 aliphatic carbocycles. The third kappa shape index (κ3) is 3.03. The maximum absolute atomic E-state index is 4.24. The molecule has 6 heteroatoms. The third-order valence-electron chi connectivity index (χ3n) is 4.47. The van der Waals surface area contributed by atoms with Crippen molar-refractivity contribution in [3.05, 3.63) is 65.7 Å². The second kappa shape index (κ2) is 6.34. The van der Waals surface area contributed by atoms with Gasteiger partial charge in [-0.15, -0.1) is 5.10 Å². The fraction of sp³-hybridized carbons (Fsp3) is 0.353. The minimum atomic E-state index is 0.437. The van der Waals surface area contributed by atoms with Gasteiger partial charge in [-0.3, -0.25) is 4.90 Å². The van der Waals surface area contributed by atoms with Crippen molar-refractivity contribution >= 4 is 0 Å². The molecule has 1 fully saturated rings. The molecule has 3 aromatic rings. The van der Waals surface area contributed by atoms with Crippen LogP contribution in [0.25, 0.3) is 0 Å². The Kier molecular flexibility index (Phi) is 3.90. The molecule has 1 aliphatic heterocycles. The van der Waals surface area contributed by atoms with Crippen LogP contribution in [0.15, 0.2) is 48.7 Å². The second-order valence-corrected chi connectivity index (χ2v) is 5.99. The Labute approximate surface area is 135 Å². The number of likely N-dealkylation sites (tertiary alicyclic amines) is 1. The molecule has 118 valence electrons. The molecule has 6 nitrogen and oxygen atoms in total. The lowest BCUT2D eigenvalue weighted by molar-refractivity contribution is 0.234. The first-order valence-electron chi connectivity index (χ1n) is 8.06. The minimum absolute atomic E-state index is 0.437. The van der Waals surface area contributed by atoms with E-state index in [-0.39, 0.29) is 0 Å². The molecule has 1 aromatic carbocycles. The van der Waals surface area contributed by atoms with E-state index in [1.54, 1.807) is 0 Å². The Morgan fingerprint density at radius 2 is 2.00 bits per heavy atom. The molecule has 0 saturated carbocycles. The van der Waals surface area contributed by atoms with E-state index in [2.05, 4.69) is 49.7 Å². The van der Waals surface area contributed by atoms with Gasteiger partial charge in [0.2, 0.25) is 0 Å². The number of aromatic amines is 1. The Hall–Kier alpha value is -2.47. The first-order valence-corrected chi connectivity index (χ1v) is 8.06. The summed E-state index contributed by atoms with van der Waals surface area (Å²) in [4.78, 5) is 5.80. The van der Waals surface area contributed by atoms with Crippen LogP contribution >= 0.6 is 0 Å². The Morgan fingerprint density at radius 3 is 2.83 bits per heavy atom. The summed E-state index contributed by atoms with van der Waals surface area (Å²) in [5.41, 5.74) is 2.49. The fourth-order valence-electron chi connectivity index (χ4n) is 3.32. The molecule has 0 spiro atoms. The van der Waals surface area contributed by atoms with Crippen LogP contribution in [0.5, 0.6) is 0 Å². The monoisotopic (exact) mass is 308 g/mol. The van der Waals surface area contributed by atoms with Crippen LogP contribution in [0.1, 0.15) is 36.0 Å². The Balaban J connectivity index is 1.50. The lowest BCUT2D eigenvalue weighted by Gasteiger charge is -2.23. The van der Waals surface area contributed by atoms with Gasteiger partial charge in [-0.25, -0.2) is 4.68 Å². The van der Waals surface area contributed by atoms with Gasteiger partial charge in [0.1, 0.15) is 0 Å². The number of nitrogens with one attached hydrogen (secondary N) is 1. The summed E-state index contributed by atoms with van der Waals surface area (Å²) in [6.45, 7) is 2.58. The molecular formula is C17H20N6. The largest absolute Gasteiger partial charge is 0.364 e. The zero-order valence-electron chi connectivity index (χ0n) is 13.0. The molecular weight excluding hydrogens is 288 g/mol. The van der Waals surface area contributed by atoms with Crippen LogP contribution in [0.4, 0.5) is 0 Å². The van der Waals surface area contributed by atoms with Gasteiger partial charge in [-0.1, -0.05) is 30.3 Å². The van der Waals surface area contributed by atoms with Crippen molar-refractivity contribution in [3.8, 4) is 0 Å². The number of hydrogen-bond donors (Lipinski definition) is 1. The summed E-state index contributed by atoms with van der Waals surface area (Å²) < 4.78 is 1.90. The zero-order valence-corrected chi connectivity index (χ0v) is 13.0. The molecule has 1 atom stereocenters. The summed E-state index contributed by atoms with van der Waals surface area (Å²) in [7, 11) is 0. The molecule has 0 amide bonds. The summed E-state index contributed by atoms with van der Waals surface area (Å²) in [5.74, 6) is 0.923. The molecule has 0 bridgehead atoms. The highest BCUT2D eigenvalue weighted by molar-refractivity contribution is 5.15. The normalized spacial score (nSPS) is 18.5. The van der Waals surface area contributed by atoms with Gasteiger partial charge in [-0.05, 0) is 47.5 Å². The van der Waals surface area contributed by atoms with Crippen LogP contribution in [0, 0.1) is 0 Å². The van der Waals surface area contributed by atoms with Crippen molar-refractivity contribution in [2.75, 3.05) is 6.54 Å². The highest BCUT2D eigenvalue weighted by Crippen LogP contribution is 2.31. The second-order valence-electron chi connectivity index (χ2n) is 5.99. The summed E-state index contributed by atoms with van der Waals surface area (Å²) in [6, 6.07) is 15.0. The van der Waals surface area contributed by atoms with Gasteiger partial charge in [-0.2, -0.15) is 0 Å². The van der Waals surface area contributed by atoms with Crippen molar-refractivity contribution in [1.29, 1.82) is 0 Å². The zero-order chi connectivity index (χ0) is 15.5. The lowest BCUT2D eigenvalue weighted by atomic mass is 10.1. The lowest BCUT2D eigenvalue weighted by Crippen LogP contribution is -2.25. The van der Waals surface area contributed by atoms with Crippen LogP contribution < -0.4 is 0 Å². The van der Waals surface area contributed by atoms with Crippen molar-refractivity contribution in [2.24, 2.45) is 0 Å². The Bertz CT molecular complexity index is 734. The van der Waals surface area contributed by atoms with Gasteiger partial charge < -0.3 is 4.98 Å². The number of hydrogen-bond acceptors (Lipinski definition) is 4. The predicted molar refractivity (Wildman–Crippen MR) is 86.5 cm³/mol.